The molecule has 0 fully saturated rings. The number of carbonyl (C=O) groups is 1. The highest BCUT2D eigenvalue weighted by Gasteiger charge is 2.31. The first-order chi connectivity index (χ1) is 11.7. The molecular formula is C16H12F3NO5. The van der Waals surface area contributed by atoms with Gasteiger partial charge in [-0.05, 0) is 30.7 Å². The summed E-state index contributed by atoms with van der Waals surface area (Å²) in [7, 11) is 0. The zero-order chi connectivity index (χ0) is 18.6. The van der Waals surface area contributed by atoms with Crippen LogP contribution in [0.4, 0.5) is 18.9 Å². The number of nitro groups is 1. The molecule has 0 heterocycles. The van der Waals surface area contributed by atoms with Crippen LogP contribution in [0.1, 0.15) is 17.3 Å². The number of nitrogens with zero attached hydrogens (tertiary/aromatic N) is 1. The van der Waals surface area contributed by atoms with Gasteiger partial charge in [0.2, 0.25) is 0 Å². The van der Waals surface area contributed by atoms with Crippen LogP contribution >= 0.6 is 0 Å². The summed E-state index contributed by atoms with van der Waals surface area (Å²) in [5, 5.41) is 11.3. The van der Waals surface area contributed by atoms with Crippen molar-refractivity contribution in [2.75, 3.05) is 6.61 Å². The van der Waals surface area contributed by atoms with Crippen molar-refractivity contribution >= 4 is 11.7 Å². The van der Waals surface area contributed by atoms with Crippen LogP contribution in [0.2, 0.25) is 0 Å². The predicted octanol–water partition coefficient (Wildman–Crippen LogP) is 4.34. The number of hydrogen-bond acceptors (Lipinski definition) is 5. The molecule has 0 aromatic heterocycles. The fraction of sp³-hybridized carbons (Fsp3) is 0.188. The van der Waals surface area contributed by atoms with E-state index in [0.29, 0.717) is 0 Å². The molecule has 0 aliphatic heterocycles. The fourth-order valence-electron chi connectivity index (χ4n) is 2.20. The Balaban J connectivity index is 2.52. The van der Waals surface area contributed by atoms with E-state index in [2.05, 4.69) is 4.74 Å². The van der Waals surface area contributed by atoms with Gasteiger partial charge in [0.15, 0.2) is 0 Å². The second kappa shape index (κ2) is 7.20. The Bertz CT molecular complexity index is 787. The standard InChI is InChI=1S/C16H12F3NO5/c1-2-24-15(21)12-4-3-5-13(20(22)23)14(12)10-6-8-11(9-7-10)25-16(17,18)19/h3-9H,2H2,1H3. The quantitative estimate of drug-likeness (QED) is 0.453. The minimum Gasteiger partial charge on any atom is -0.462 e. The Hall–Kier alpha value is -3.10. The molecule has 0 aliphatic rings. The third-order valence-corrected chi connectivity index (χ3v) is 3.11. The minimum absolute atomic E-state index is 0.0375. The minimum atomic E-state index is -4.85. The summed E-state index contributed by atoms with van der Waals surface area (Å²) < 4.78 is 45.3. The van der Waals surface area contributed by atoms with Crippen LogP contribution in [0, 0.1) is 10.1 Å². The van der Waals surface area contributed by atoms with Crippen molar-refractivity contribution in [2.45, 2.75) is 13.3 Å². The molecule has 2 rings (SSSR count). The molecule has 0 N–H and O–H groups in total. The van der Waals surface area contributed by atoms with Crippen molar-refractivity contribution in [3.8, 4) is 16.9 Å². The van der Waals surface area contributed by atoms with Crippen LogP contribution in [-0.4, -0.2) is 23.9 Å². The second-order valence-corrected chi connectivity index (χ2v) is 4.75. The molecule has 0 amide bonds. The molecule has 0 aliphatic carbocycles. The van der Waals surface area contributed by atoms with E-state index in [1.165, 1.54) is 30.3 Å². The van der Waals surface area contributed by atoms with Crippen molar-refractivity contribution in [1.29, 1.82) is 0 Å². The molecule has 2 aromatic rings. The Labute approximate surface area is 139 Å². The lowest BCUT2D eigenvalue weighted by atomic mass is 9.97. The Morgan fingerprint density at radius 2 is 1.80 bits per heavy atom. The molecule has 0 unspecified atom stereocenters. The Kier molecular flexibility index (Phi) is 5.26. The highest BCUT2D eigenvalue weighted by molar-refractivity contribution is 6.00. The number of ether oxygens (including phenoxy) is 2. The van der Waals surface area contributed by atoms with E-state index in [1.54, 1.807) is 6.92 Å². The topological polar surface area (TPSA) is 78.7 Å². The van der Waals surface area contributed by atoms with Gasteiger partial charge < -0.3 is 9.47 Å². The maximum atomic E-state index is 12.2. The number of alkyl halides is 3. The van der Waals surface area contributed by atoms with Crippen LogP contribution in [0.15, 0.2) is 42.5 Å². The van der Waals surface area contributed by atoms with E-state index in [9.17, 15) is 28.1 Å². The lowest BCUT2D eigenvalue weighted by Crippen LogP contribution is -2.17. The van der Waals surface area contributed by atoms with E-state index in [0.717, 1.165) is 12.1 Å². The highest BCUT2D eigenvalue weighted by Crippen LogP contribution is 2.35. The van der Waals surface area contributed by atoms with Gasteiger partial charge in [0.25, 0.3) is 5.69 Å². The summed E-state index contributed by atoms with van der Waals surface area (Å²) in [4.78, 5) is 22.6. The molecule has 0 spiro atoms. The molecule has 0 atom stereocenters. The number of esters is 1. The third-order valence-electron chi connectivity index (χ3n) is 3.11. The van der Waals surface area contributed by atoms with Crippen LogP contribution in [0.25, 0.3) is 11.1 Å². The molecule has 25 heavy (non-hydrogen) atoms. The molecule has 0 bridgehead atoms. The molecule has 2 aromatic carbocycles. The van der Waals surface area contributed by atoms with Gasteiger partial charge in [0.1, 0.15) is 5.75 Å². The van der Waals surface area contributed by atoms with E-state index >= 15 is 0 Å². The third kappa shape index (κ3) is 4.46. The molecular weight excluding hydrogens is 343 g/mol. The van der Waals surface area contributed by atoms with Crippen molar-refractivity contribution in [3.05, 3.63) is 58.1 Å². The molecule has 0 radical (unpaired) electrons. The zero-order valence-corrected chi connectivity index (χ0v) is 12.9. The largest absolute Gasteiger partial charge is 0.573 e. The number of carbonyl (C=O) groups excluding carboxylic acids is 1. The van der Waals surface area contributed by atoms with Crippen molar-refractivity contribution in [3.63, 3.8) is 0 Å². The number of rotatable bonds is 5. The van der Waals surface area contributed by atoms with Crippen LogP contribution in [-0.2, 0) is 4.74 Å². The SMILES string of the molecule is CCOC(=O)c1cccc([N+](=O)[O-])c1-c1ccc(OC(F)(F)F)cc1. The van der Waals surface area contributed by atoms with Gasteiger partial charge in [-0.3, -0.25) is 10.1 Å². The van der Waals surface area contributed by atoms with Crippen LogP contribution < -0.4 is 4.74 Å². The van der Waals surface area contributed by atoms with Gasteiger partial charge in [-0.2, -0.15) is 0 Å². The summed E-state index contributed by atoms with van der Waals surface area (Å²) in [5.74, 6) is -1.25. The highest BCUT2D eigenvalue weighted by atomic mass is 19.4. The molecule has 9 heteroatoms. The van der Waals surface area contributed by atoms with Crippen LogP contribution in [0.5, 0.6) is 5.75 Å². The summed E-state index contributed by atoms with van der Waals surface area (Å²) in [5.41, 5.74) is -0.273. The van der Waals surface area contributed by atoms with Gasteiger partial charge in [-0.25, -0.2) is 4.79 Å². The summed E-state index contributed by atoms with van der Waals surface area (Å²) >= 11 is 0. The number of halogens is 3. The maximum absolute atomic E-state index is 12.2. The normalized spacial score (nSPS) is 11.0. The first kappa shape index (κ1) is 18.2. The van der Waals surface area contributed by atoms with Crippen molar-refractivity contribution < 1.29 is 32.4 Å². The second-order valence-electron chi connectivity index (χ2n) is 4.75. The van der Waals surface area contributed by atoms with E-state index in [1.807, 2.05) is 0 Å². The van der Waals surface area contributed by atoms with Crippen molar-refractivity contribution in [1.82, 2.24) is 0 Å². The molecule has 0 saturated heterocycles. The fourth-order valence-corrected chi connectivity index (χ4v) is 2.20. The molecule has 6 nitrogen and oxygen atoms in total. The number of benzene rings is 2. The van der Waals surface area contributed by atoms with E-state index in [-0.39, 0.29) is 29.0 Å². The maximum Gasteiger partial charge on any atom is 0.573 e. The van der Waals surface area contributed by atoms with Gasteiger partial charge in [0, 0.05) is 6.07 Å². The average molecular weight is 355 g/mol. The average Bonchev–Trinajstić information content (AvgIpc) is 2.53. The first-order valence-electron chi connectivity index (χ1n) is 7.03. The molecule has 0 saturated carbocycles. The lowest BCUT2D eigenvalue weighted by Gasteiger charge is -2.11. The summed E-state index contributed by atoms with van der Waals surface area (Å²) in [6.07, 6.45) is -4.85. The number of hydrogen-bond donors (Lipinski definition) is 0. The zero-order valence-electron chi connectivity index (χ0n) is 12.9. The van der Waals surface area contributed by atoms with E-state index in [4.69, 9.17) is 4.74 Å². The van der Waals surface area contributed by atoms with Crippen LogP contribution in [0.3, 0.4) is 0 Å². The summed E-state index contributed by atoms with van der Waals surface area (Å²) in [6, 6.07) is 8.29. The van der Waals surface area contributed by atoms with Gasteiger partial charge in [-0.1, -0.05) is 18.2 Å². The summed E-state index contributed by atoms with van der Waals surface area (Å²) in [6.45, 7) is 1.65. The predicted molar refractivity (Wildman–Crippen MR) is 81.2 cm³/mol. The Morgan fingerprint density at radius 3 is 2.32 bits per heavy atom. The first-order valence-corrected chi connectivity index (χ1v) is 7.03. The smallest absolute Gasteiger partial charge is 0.462 e. The Morgan fingerprint density at radius 1 is 1.16 bits per heavy atom. The van der Waals surface area contributed by atoms with Gasteiger partial charge in [-0.15, -0.1) is 13.2 Å². The van der Waals surface area contributed by atoms with Crippen molar-refractivity contribution in [2.24, 2.45) is 0 Å². The number of nitro benzene ring substituents is 1. The van der Waals surface area contributed by atoms with Gasteiger partial charge in [0.05, 0.1) is 22.7 Å². The van der Waals surface area contributed by atoms with E-state index < -0.39 is 23.0 Å². The monoisotopic (exact) mass is 355 g/mol. The molecule has 132 valence electrons. The van der Waals surface area contributed by atoms with Gasteiger partial charge >= 0.3 is 12.3 Å². The lowest BCUT2D eigenvalue weighted by molar-refractivity contribution is -0.384.